The van der Waals surface area contributed by atoms with Gasteiger partial charge in [0.15, 0.2) is 0 Å². The lowest BCUT2D eigenvalue weighted by molar-refractivity contribution is -0.136. The van der Waals surface area contributed by atoms with Crippen LogP contribution in [0, 0.1) is 0 Å². The van der Waals surface area contributed by atoms with Gasteiger partial charge in [0.05, 0.1) is 6.54 Å². The van der Waals surface area contributed by atoms with E-state index in [9.17, 15) is 18.0 Å². The molecule has 0 spiro atoms. The summed E-state index contributed by atoms with van der Waals surface area (Å²) in [7, 11) is 0. The average Bonchev–Trinajstić information content (AvgIpc) is 2.13. The Hall–Kier alpha value is -0.780. The van der Waals surface area contributed by atoms with Crippen molar-refractivity contribution >= 4 is 5.91 Å². The number of nitrogens with one attached hydrogen (secondary N) is 2. The van der Waals surface area contributed by atoms with Gasteiger partial charge in [-0.15, -0.1) is 0 Å². The molecular weight excluding hydrogens is 221 g/mol. The van der Waals surface area contributed by atoms with E-state index in [1.807, 2.05) is 6.92 Å². The highest BCUT2D eigenvalue weighted by molar-refractivity contribution is 5.77. The molecule has 96 valence electrons. The van der Waals surface area contributed by atoms with Crippen LogP contribution in [0.5, 0.6) is 0 Å². The Balaban J connectivity index is 3.52. The van der Waals surface area contributed by atoms with E-state index in [1.54, 1.807) is 6.92 Å². The molecule has 0 aliphatic rings. The van der Waals surface area contributed by atoms with Crippen LogP contribution in [0.15, 0.2) is 0 Å². The number of hydrogen-bond acceptors (Lipinski definition) is 2. The third-order valence-electron chi connectivity index (χ3n) is 2.08. The first-order valence-corrected chi connectivity index (χ1v) is 5.42. The Labute approximate surface area is 93.8 Å². The summed E-state index contributed by atoms with van der Waals surface area (Å²) in [4.78, 5) is 11.0. The highest BCUT2D eigenvalue weighted by Crippen LogP contribution is 2.22. The van der Waals surface area contributed by atoms with Crippen molar-refractivity contribution in [2.24, 2.45) is 0 Å². The third-order valence-corrected chi connectivity index (χ3v) is 2.08. The lowest BCUT2D eigenvalue weighted by Gasteiger charge is -2.14. The molecule has 1 amide bonds. The molecule has 0 saturated carbocycles. The molecule has 0 aliphatic heterocycles. The van der Waals surface area contributed by atoms with Crippen molar-refractivity contribution in [3.8, 4) is 0 Å². The fourth-order valence-electron chi connectivity index (χ4n) is 1.24. The Morgan fingerprint density at radius 1 is 1.38 bits per heavy atom. The number of carbonyl (C=O) groups excluding carboxylic acids is 1. The van der Waals surface area contributed by atoms with Crippen molar-refractivity contribution < 1.29 is 18.0 Å². The van der Waals surface area contributed by atoms with Crippen LogP contribution in [0.25, 0.3) is 0 Å². The minimum absolute atomic E-state index is 0.0787. The van der Waals surface area contributed by atoms with E-state index in [4.69, 9.17) is 0 Å². The van der Waals surface area contributed by atoms with E-state index in [-0.39, 0.29) is 24.9 Å². The summed E-state index contributed by atoms with van der Waals surface area (Å²) in [5.41, 5.74) is 0. The number of carbonyl (C=O) groups is 1. The molecular formula is C10H19F3N2O. The standard InChI is InChI=1S/C10H19F3N2O/c1-3-14-9(16)7-15-8(2)5-4-6-10(11,12)13/h8,15H,3-7H2,1-2H3,(H,14,16). The number of hydrogen-bond donors (Lipinski definition) is 2. The van der Waals surface area contributed by atoms with Crippen molar-refractivity contribution in [3.05, 3.63) is 0 Å². The molecule has 0 bridgehead atoms. The second-order valence-electron chi connectivity index (χ2n) is 3.74. The van der Waals surface area contributed by atoms with Crippen LogP contribution in [-0.2, 0) is 4.79 Å². The van der Waals surface area contributed by atoms with Gasteiger partial charge in [-0.3, -0.25) is 4.79 Å². The van der Waals surface area contributed by atoms with Gasteiger partial charge in [0.1, 0.15) is 0 Å². The summed E-state index contributed by atoms with van der Waals surface area (Å²) in [6.07, 6.45) is -4.34. The molecule has 0 saturated heterocycles. The van der Waals surface area contributed by atoms with E-state index in [1.165, 1.54) is 0 Å². The zero-order valence-electron chi connectivity index (χ0n) is 9.66. The van der Waals surface area contributed by atoms with Crippen LogP contribution >= 0.6 is 0 Å². The molecule has 3 nitrogen and oxygen atoms in total. The predicted molar refractivity (Wildman–Crippen MR) is 56.1 cm³/mol. The topological polar surface area (TPSA) is 41.1 Å². The fraction of sp³-hybridized carbons (Fsp3) is 0.900. The van der Waals surface area contributed by atoms with E-state index < -0.39 is 12.6 Å². The van der Waals surface area contributed by atoms with Crippen LogP contribution in [0.3, 0.4) is 0 Å². The smallest absolute Gasteiger partial charge is 0.355 e. The second-order valence-corrected chi connectivity index (χ2v) is 3.74. The Kier molecular flexibility index (Phi) is 7.12. The molecule has 16 heavy (non-hydrogen) atoms. The van der Waals surface area contributed by atoms with Gasteiger partial charge in [-0.1, -0.05) is 0 Å². The maximum Gasteiger partial charge on any atom is 0.389 e. The number of amides is 1. The second kappa shape index (κ2) is 7.49. The first-order chi connectivity index (χ1) is 7.35. The average molecular weight is 240 g/mol. The molecule has 1 atom stereocenters. The van der Waals surface area contributed by atoms with E-state index in [0.717, 1.165) is 0 Å². The summed E-state index contributed by atoms with van der Waals surface area (Å²) in [5, 5.41) is 5.47. The van der Waals surface area contributed by atoms with Gasteiger partial charge < -0.3 is 10.6 Å². The van der Waals surface area contributed by atoms with Crippen LogP contribution in [-0.4, -0.2) is 31.2 Å². The first kappa shape index (κ1) is 15.2. The van der Waals surface area contributed by atoms with Crippen molar-refractivity contribution in [2.45, 2.75) is 45.3 Å². The fourth-order valence-corrected chi connectivity index (χ4v) is 1.24. The van der Waals surface area contributed by atoms with Crippen LogP contribution in [0.4, 0.5) is 13.2 Å². The van der Waals surface area contributed by atoms with Gasteiger partial charge in [0.2, 0.25) is 5.91 Å². The van der Waals surface area contributed by atoms with E-state index in [0.29, 0.717) is 13.0 Å². The van der Waals surface area contributed by atoms with Gasteiger partial charge in [-0.25, -0.2) is 0 Å². The zero-order valence-corrected chi connectivity index (χ0v) is 9.66. The molecule has 0 aliphatic carbocycles. The molecule has 0 radical (unpaired) electrons. The zero-order chi connectivity index (χ0) is 12.6. The molecule has 0 heterocycles. The monoisotopic (exact) mass is 240 g/mol. The Morgan fingerprint density at radius 2 is 2.00 bits per heavy atom. The molecule has 2 N–H and O–H groups in total. The number of rotatable bonds is 7. The summed E-state index contributed by atoms with van der Waals surface area (Å²) in [6, 6.07) is -0.0787. The highest BCUT2D eigenvalue weighted by Gasteiger charge is 2.26. The minimum atomic E-state index is -4.08. The first-order valence-electron chi connectivity index (χ1n) is 5.42. The largest absolute Gasteiger partial charge is 0.389 e. The SMILES string of the molecule is CCNC(=O)CNC(C)CCCC(F)(F)F. The van der Waals surface area contributed by atoms with Gasteiger partial charge in [0, 0.05) is 19.0 Å². The molecule has 0 rings (SSSR count). The molecule has 1 unspecified atom stereocenters. The maximum atomic E-state index is 11.8. The molecule has 0 aromatic heterocycles. The molecule has 0 aromatic rings. The maximum absolute atomic E-state index is 11.8. The van der Waals surface area contributed by atoms with Gasteiger partial charge >= 0.3 is 6.18 Å². The Morgan fingerprint density at radius 3 is 2.50 bits per heavy atom. The molecule has 0 aromatic carbocycles. The van der Waals surface area contributed by atoms with Crippen molar-refractivity contribution in [2.75, 3.05) is 13.1 Å². The van der Waals surface area contributed by atoms with Gasteiger partial charge in [0.25, 0.3) is 0 Å². The third kappa shape index (κ3) is 9.76. The lowest BCUT2D eigenvalue weighted by Crippen LogP contribution is -2.37. The van der Waals surface area contributed by atoms with Crippen LogP contribution in [0.2, 0.25) is 0 Å². The normalized spacial score (nSPS) is 13.6. The highest BCUT2D eigenvalue weighted by atomic mass is 19.4. The van der Waals surface area contributed by atoms with Crippen molar-refractivity contribution in [1.82, 2.24) is 10.6 Å². The van der Waals surface area contributed by atoms with E-state index in [2.05, 4.69) is 10.6 Å². The lowest BCUT2D eigenvalue weighted by atomic mass is 10.1. The summed E-state index contributed by atoms with van der Waals surface area (Å²) in [6.45, 7) is 4.30. The molecule has 6 heteroatoms. The number of likely N-dealkylation sites (N-methyl/N-ethyl adjacent to an activating group) is 1. The van der Waals surface area contributed by atoms with Crippen LogP contribution in [0.1, 0.15) is 33.1 Å². The van der Waals surface area contributed by atoms with Crippen molar-refractivity contribution in [3.63, 3.8) is 0 Å². The summed E-state index contributed by atoms with van der Waals surface area (Å²) in [5.74, 6) is -0.134. The summed E-state index contributed by atoms with van der Waals surface area (Å²) >= 11 is 0. The minimum Gasteiger partial charge on any atom is -0.355 e. The van der Waals surface area contributed by atoms with Crippen molar-refractivity contribution in [1.29, 1.82) is 0 Å². The predicted octanol–water partition coefficient (Wildman–Crippen LogP) is 1.83. The number of alkyl halides is 3. The van der Waals surface area contributed by atoms with E-state index >= 15 is 0 Å². The number of halogens is 3. The Bertz CT molecular complexity index is 207. The summed E-state index contributed by atoms with van der Waals surface area (Å²) < 4.78 is 35.5. The van der Waals surface area contributed by atoms with Gasteiger partial charge in [-0.2, -0.15) is 13.2 Å². The van der Waals surface area contributed by atoms with Crippen LogP contribution < -0.4 is 10.6 Å². The quantitative estimate of drug-likeness (QED) is 0.713. The van der Waals surface area contributed by atoms with Gasteiger partial charge in [-0.05, 0) is 26.7 Å². The molecule has 0 fully saturated rings.